The maximum atomic E-state index is 12.5. The molecule has 3 heterocycles. The fourth-order valence-corrected chi connectivity index (χ4v) is 5.03. The summed E-state index contributed by atoms with van der Waals surface area (Å²) < 4.78 is 3.02. The van der Waals surface area contributed by atoms with Crippen LogP contribution in [-0.4, -0.2) is 46.0 Å². The third-order valence-electron chi connectivity index (χ3n) is 5.35. The zero-order chi connectivity index (χ0) is 15.6. The van der Waals surface area contributed by atoms with Gasteiger partial charge in [0.25, 0.3) is 5.56 Å². The zero-order valence-electron chi connectivity index (χ0n) is 13.6. The first-order valence-electron chi connectivity index (χ1n) is 8.86. The molecule has 0 N–H and O–H groups in total. The number of nitrogens with zero attached hydrogens (tertiary/aromatic N) is 3. The summed E-state index contributed by atoms with van der Waals surface area (Å²) in [6.07, 6.45) is 6.65. The van der Waals surface area contributed by atoms with Gasteiger partial charge in [-0.3, -0.25) is 9.69 Å². The SMILES string of the molecule is O=c1c2ccccc2sn1CN1CCC(N2CCCCC2)CC1. The van der Waals surface area contributed by atoms with Gasteiger partial charge >= 0.3 is 0 Å². The summed E-state index contributed by atoms with van der Waals surface area (Å²) in [7, 11) is 0. The molecule has 2 aliphatic rings. The van der Waals surface area contributed by atoms with Crippen LogP contribution in [0.25, 0.3) is 10.1 Å². The van der Waals surface area contributed by atoms with Crippen molar-refractivity contribution >= 4 is 21.6 Å². The van der Waals surface area contributed by atoms with E-state index < -0.39 is 0 Å². The van der Waals surface area contributed by atoms with Gasteiger partial charge in [0.15, 0.2) is 0 Å². The van der Waals surface area contributed by atoms with Crippen molar-refractivity contribution in [1.82, 2.24) is 13.8 Å². The summed E-state index contributed by atoms with van der Waals surface area (Å²) >= 11 is 1.60. The molecule has 0 aliphatic carbocycles. The van der Waals surface area contributed by atoms with E-state index in [-0.39, 0.29) is 5.56 Å². The summed E-state index contributed by atoms with van der Waals surface area (Å²) in [5.41, 5.74) is 0.170. The molecule has 1 aromatic heterocycles. The Bertz CT molecular complexity index is 708. The second kappa shape index (κ2) is 6.75. The van der Waals surface area contributed by atoms with E-state index >= 15 is 0 Å². The normalized spacial score (nSPS) is 21.9. The molecule has 23 heavy (non-hydrogen) atoms. The Morgan fingerprint density at radius 1 is 1.00 bits per heavy atom. The van der Waals surface area contributed by atoms with E-state index in [2.05, 4.69) is 9.80 Å². The highest BCUT2D eigenvalue weighted by Gasteiger charge is 2.25. The van der Waals surface area contributed by atoms with Crippen LogP contribution in [0.5, 0.6) is 0 Å². The number of likely N-dealkylation sites (tertiary alicyclic amines) is 2. The van der Waals surface area contributed by atoms with Crippen LogP contribution in [0.4, 0.5) is 0 Å². The van der Waals surface area contributed by atoms with Crippen LogP contribution in [0.3, 0.4) is 0 Å². The molecule has 0 bridgehead atoms. The molecule has 124 valence electrons. The van der Waals surface area contributed by atoms with Gasteiger partial charge in [-0.1, -0.05) is 30.1 Å². The molecule has 1 aromatic carbocycles. The number of aromatic nitrogens is 1. The first kappa shape index (κ1) is 15.4. The first-order valence-corrected chi connectivity index (χ1v) is 9.64. The van der Waals surface area contributed by atoms with Crippen LogP contribution < -0.4 is 5.56 Å². The van der Waals surface area contributed by atoms with Gasteiger partial charge < -0.3 is 4.90 Å². The second-order valence-electron chi connectivity index (χ2n) is 6.86. The molecule has 0 spiro atoms. The topological polar surface area (TPSA) is 28.5 Å². The van der Waals surface area contributed by atoms with Crippen LogP contribution in [-0.2, 0) is 6.67 Å². The molecule has 5 heteroatoms. The monoisotopic (exact) mass is 331 g/mol. The lowest BCUT2D eigenvalue weighted by Crippen LogP contribution is -2.47. The lowest BCUT2D eigenvalue weighted by Gasteiger charge is -2.40. The molecule has 0 radical (unpaired) electrons. The van der Waals surface area contributed by atoms with Gasteiger partial charge in [0.05, 0.1) is 16.8 Å². The third kappa shape index (κ3) is 3.23. The minimum absolute atomic E-state index is 0.170. The van der Waals surface area contributed by atoms with E-state index in [0.29, 0.717) is 0 Å². The van der Waals surface area contributed by atoms with Crippen LogP contribution in [0.2, 0.25) is 0 Å². The highest BCUT2D eigenvalue weighted by molar-refractivity contribution is 7.13. The predicted molar refractivity (Wildman–Crippen MR) is 96.1 cm³/mol. The Balaban J connectivity index is 1.38. The molecule has 4 rings (SSSR count). The summed E-state index contributed by atoms with van der Waals surface area (Å²) in [4.78, 5) is 17.6. The van der Waals surface area contributed by atoms with Gasteiger partial charge in [-0.05, 0) is 50.9 Å². The Labute approximate surface area is 141 Å². The molecule has 2 fully saturated rings. The lowest BCUT2D eigenvalue weighted by atomic mass is 10.0. The van der Waals surface area contributed by atoms with Gasteiger partial charge in [0.1, 0.15) is 0 Å². The minimum Gasteiger partial charge on any atom is -0.300 e. The van der Waals surface area contributed by atoms with E-state index in [9.17, 15) is 4.79 Å². The van der Waals surface area contributed by atoms with Crippen LogP contribution in [0, 0.1) is 0 Å². The highest BCUT2D eigenvalue weighted by atomic mass is 32.1. The standard InChI is InChI=1S/C18H25N3OS/c22-18-16-6-2-3-7-17(16)23-21(18)14-19-12-8-15(9-13-19)20-10-4-1-5-11-20/h2-3,6-7,15H,1,4-5,8-14H2. The van der Waals surface area contributed by atoms with E-state index in [1.165, 1.54) is 45.2 Å². The lowest BCUT2D eigenvalue weighted by molar-refractivity contribution is 0.0805. The molecular weight excluding hydrogens is 306 g/mol. The third-order valence-corrected chi connectivity index (χ3v) is 6.40. The van der Waals surface area contributed by atoms with Crippen molar-refractivity contribution in [2.24, 2.45) is 0 Å². The van der Waals surface area contributed by atoms with Gasteiger partial charge in [0, 0.05) is 19.1 Å². The van der Waals surface area contributed by atoms with Gasteiger partial charge in [-0.2, -0.15) is 0 Å². The van der Waals surface area contributed by atoms with Crippen LogP contribution >= 0.6 is 11.5 Å². The van der Waals surface area contributed by atoms with Crippen LogP contribution in [0.15, 0.2) is 29.1 Å². The number of fused-ring (bicyclic) bond motifs is 1. The number of rotatable bonds is 3. The second-order valence-corrected chi connectivity index (χ2v) is 7.92. The van der Waals surface area contributed by atoms with Crippen molar-refractivity contribution in [2.45, 2.75) is 44.8 Å². The smallest absolute Gasteiger partial charge is 0.269 e. The Hall–Kier alpha value is -1.17. The summed E-state index contributed by atoms with van der Waals surface area (Å²) in [6.45, 7) is 5.56. The van der Waals surface area contributed by atoms with Crippen molar-refractivity contribution in [3.63, 3.8) is 0 Å². The van der Waals surface area contributed by atoms with Gasteiger partial charge in [-0.15, -0.1) is 0 Å². The molecule has 4 nitrogen and oxygen atoms in total. The number of hydrogen-bond donors (Lipinski definition) is 0. The molecule has 2 aromatic rings. The summed E-state index contributed by atoms with van der Waals surface area (Å²) in [6, 6.07) is 8.71. The molecule has 2 saturated heterocycles. The molecule has 2 aliphatic heterocycles. The average molecular weight is 331 g/mol. The first-order chi connectivity index (χ1) is 11.3. The van der Waals surface area contributed by atoms with Crippen molar-refractivity contribution in [1.29, 1.82) is 0 Å². The van der Waals surface area contributed by atoms with E-state index in [1.807, 2.05) is 28.2 Å². The summed E-state index contributed by atoms with van der Waals surface area (Å²) in [5, 5.41) is 0.862. The van der Waals surface area contributed by atoms with Gasteiger partial charge in [-0.25, -0.2) is 3.96 Å². The van der Waals surface area contributed by atoms with Crippen molar-refractivity contribution < 1.29 is 0 Å². The fraction of sp³-hybridized carbons (Fsp3) is 0.611. The maximum absolute atomic E-state index is 12.5. The fourth-order valence-electron chi connectivity index (χ4n) is 4.00. The minimum atomic E-state index is 0.170. The largest absolute Gasteiger partial charge is 0.300 e. The Morgan fingerprint density at radius 3 is 2.48 bits per heavy atom. The van der Waals surface area contributed by atoms with Crippen molar-refractivity contribution in [2.75, 3.05) is 26.2 Å². The molecule has 0 atom stereocenters. The number of piperidine rings is 2. The quantitative estimate of drug-likeness (QED) is 0.866. The molecule has 0 unspecified atom stereocenters. The number of hydrogen-bond acceptors (Lipinski definition) is 4. The van der Waals surface area contributed by atoms with E-state index in [4.69, 9.17) is 0 Å². The zero-order valence-corrected chi connectivity index (χ0v) is 14.4. The van der Waals surface area contributed by atoms with Crippen molar-refractivity contribution in [3.8, 4) is 0 Å². The molecule has 0 saturated carbocycles. The highest BCUT2D eigenvalue weighted by Crippen LogP contribution is 2.22. The Morgan fingerprint density at radius 2 is 1.74 bits per heavy atom. The van der Waals surface area contributed by atoms with E-state index in [1.54, 1.807) is 11.5 Å². The van der Waals surface area contributed by atoms with Crippen LogP contribution in [0.1, 0.15) is 32.1 Å². The van der Waals surface area contributed by atoms with Crippen molar-refractivity contribution in [3.05, 3.63) is 34.6 Å². The average Bonchev–Trinajstić information content (AvgIpc) is 2.93. The molecular formula is C18H25N3OS. The number of benzene rings is 1. The summed E-state index contributed by atoms with van der Waals surface area (Å²) in [5.74, 6) is 0. The maximum Gasteiger partial charge on any atom is 0.269 e. The van der Waals surface area contributed by atoms with E-state index in [0.717, 1.165) is 35.9 Å². The predicted octanol–water partition coefficient (Wildman–Crippen LogP) is 2.97. The molecule has 0 amide bonds. The van der Waals surface area contributed by atoms with Gasteiger partial charge in [0.2, 0.25) is 0 Å². The Kier molecular flexibility index (Phi) is 4.51.